The second kappa shape index (κ2) is 6.78. The van der Waals surface area contributed by atoms with E-state index in [0.717, 1.165) is 15.0 Å². The standard InChI is InChI=1S/C14H26IN3O2Si/c1-10-13(15)12(17-18(10)9-16-11(2)19)8-20-21(6,7)14(3,4)5/h8-9H2,1-7H3,(H,16,19). The first-order valence-electron chi connectivity index (χ1n) is 7.06. The molecule has 1 N–H and O–H groups in total. The number of hydrogen-bond acceptors (Lipinski definition) is 3. The molecule has 120 valence electrons. The Morgan fingerprint density at radius 1 is 1.43 bits per heavy atom. The molecule has 0 aliphatic heterocycles. The molecule has 0 aromatic carbocycles. The predicted molar refractivity (Wildman–Crippen MR) is 95.5 cm³/mol. The molecule has 0 atom stereocenters. The maximum Gasteiger partial charge on any atom is 0.218 e. The average Bonchev–Trinajstić information content (AvgIpc) is 2.60. The first kappa shape index (κ1) is 18.6. The maximum atomic E-state index is 11.0. The summed E-state index contributed by atoms with van der Waals surface area (Å²) in [7, 11) is -1.78. The number of carbonyl (C=O) groups excluding carboxylic acids is 1. The van der Waals surface area contributed by atoms with Crippen molar-refractivity contribution in [2.75, 3.05) is 0 Å². The minimum Gasteiger partial charge on any atom is -0.411 e. The Morgan fingerprint density at radius 3 is 2.48 bits per heavy atom. The summed E-state index contributed by atoms with van der Waals surface area (Å²) >= 11 is 2.29. The van der Waals surface area contributed by atoms with Crippen molar-refractivity contribution in [2.24, 2.45) is 0 Å². The fraction of sp³-hybridized carbons (Fsp3) is 0.714. The summed E-state index contributed by atoms with van der Waals surface area (Å²) in [5.41, 5.74) is 2.00. The van der Waals surface area contributed by atoms with Crippen LogP contribution in [0.1, 0.15) is 39.1 Å². The molecule has 1 rings (SSSR count). The van der Waals surface area contributed by atoms with Gasteiger partial charge in [-0.05, 0) is 47.6 Å². The van der Waals surface area contributed by atoms with Crippen molar-refractivity contribution in [2.45, 2.75) is 66.0 Å². The van der Waals surface area contributed by atoms with Gasteiger partial charge in [0.25, 0.3) is 0 Å². The van der Waals surface area contributed by atoms with Gasteiger partial charge >= 0.3 is 0 Å². The van der Waals surface area contributed by atoms with Gasteiger partial charge in [0.05, 0.1) is 15.9 Å². The van der Waals surface area contributed by atoms with Gasteiger partial charge in [-0.2, -0.15) is 5.10 Å². The van der Waals surface area contributed by atoms with Crippen LogP contribution in [-0.4, -0.2) is 24.0 Å². The lowest BCUT2D eigenvalue weighted by molar-refractivity contribution is -0.119. The van der Waals surface area contributed by atoms with Crippen molar-refractivity contribution >= 4 is 36.8 Å². The highest BCUT2D eigenvalue weighted by Gasteiger charge is 2.37. The van der Waals surface area contributed by atoms with Gasteiger partial charge < -0.3 is 9.74 Å². The number of carbonyl (C=O) groups is 1. The monoisotopic (exact) mass is 423 g/mol. The highest BCUT2D eigenvalue weighted by Crippen LogP contribution is 2.37. The van der Waals surface area contributed by atoms with Crippen molar-refractivity contribution in [3.63, 3.8) is 0 Å². The fourth-order valence-corrected chi connectivity index (χ4v) is 2.96. The van der Waals surface area contributed by atoms with E-state index in [0.29, 0.717) is 13.3 Å². The van der Waals surface area contributed by atoms with Crippen molar-refractivity contribution in [3.05, 3.63) is 15.0 Å². The van der Waals surface area contributed by atoms with E-state index in [2.05, 4.69) is 66.9 Å². The van der Waals surface area contributed by atoms with Crippen LogP contribution in [0, 0.1) is 10.5 Å². The number of aromatic nitrogens is 2. The molecular weight excluding hydrogens is 397 g/mol. The summed E-state index contributed by atoms with van der Waals surface area (Å²) in [6.07, 6.45) is 0. The van der Waals surface area contributed by atoms with E-state index < -0.39 is 8.32 Å². The van der Waals surface area contributed by atoms with Gasteiger partial charge in [0.2, 0.25) is 5.91 Å². The van der Waals surface area contributed by atoms with Crippen molar-refractivity contribution in [1.29, 1.82) is 0 Å². The molecule has 0 aliphatic carbocycles. The van der Waals surface area contributed by atoms with Crippen molar-refractivity contribution in [3.8, 4) is 0 Å². The lowest BCUT2D eigenvalue weighted by Gasteiger charge is -2.35. The maximum absolute atomic E-state index is 11.0. The fourth-order valence-electron chi connectivity index (χ4n) is 1.48. The number of halogens is 1. The zero-order chi connectivity index (χ0) is 16.4. The molecule has 7 heteroatoms. The van der Waals surface area contributed by atoms with Crippen LogP contribution in [-0.2, 0) is 22.5 Å². The molecule has 1 aromatic rings. The molecule has 21 heavy (non-hydrogen) atoms. The van der Waals surface area contributed by atoms with E-state index in [9.17, 15) is 4.79 Å². The zero-order valence-corrected chi connectivity index (χ0v) is 17.2. The second-order valence-electron chi connectivity index (χ2n) is 6.79. The molecule has 5 nitrogen and oxygen atoms in total. The highest BCUT2D eigenvalue weighted by atomic mass is 127. The number of amides is 1. The lowest BCUT2D eigenvalue weighted by Crippen LogP contribution is -2.40. The number of hydrogen-bond donors (Lipinski definition) is 1. The van der Waals surface area contributed by atoms with Crippen molar-refractivity contribution < 1.29 is 9.22 Å². The topological polar surface area (TPSA) is 56.2 Å². The largest absolute Gasteiger partial charge is 0.411 e. The molecule has 0 bridgehead atoms. The zero-order valence-electron chi connectivity index (χ0n) is 14.0. The van der Waals surface area contributed by atoms with Gasteiger partial charge in [-0.3, -0.25) is 4.79 Å². The lowest BCUT2D eigenvalue weighted by atomic mass is 10.2. The van der Waals surface area contributed by atoms with Crippen LogP contribution in [0.3, 0.4) is 0 Å². The summed E-state index contributed by atoms with van der Waals surface area (Å²) < 4.78 is 9.15. The van der Waals surface area contributed by atoms with Gasteiger partial charge in [-0.15, -0.1) is 0 Å². The number of nitrogens with one attached hydrogen (secondary N) is 1. The van der Waals surface area contributed by atoms with Gasteiger partial charge in [0.1, 0.15) is 12.4 Å². The quantitative estimate of drug-likeness (QED) is 0.584. The minimum atomic E-state index is -1.78. The van der Waals surface area contributed by atoms with Crippen molar-refractivity contribution in [1.82, 2.24) is 15.1 Å². The summed E-state index contributed by atoms with van der Waals surface area (Å²) in [5.74, 6) is -0.0565. The van der Waals surface area contributed by atoms with Crippen LogP contribution < -0.4 is 5.32 Å². The third-order valence-electron chi connectivity index (χ3n) is 4.05. The third-order valence-corrected chi connectivity index (χ3v) is 9.93. The summed E-state index contributed by atoms with van der Waals surface area (Å²) in [5, 5.41) is 7.51. The van der Waals surface area contributed by atoms with E-state index in [1.165, 1.54) is 6.92 Å². The normalized spacial score (nSPS) is 12.6. The molecular formula is C14H26IN3O2Si. The first-order chi connectivity index (χ1) is 9.45. The van der Waals surface area contributed by atoms with Crippen LogP contribution in [0.5, 0.6) is 0 Å². The second-order valence-corrected chi connectivity index (χ2v) is 12.7. The van der Waals surface area contributed by atoms with Crippen LogP contribution >= 0.6 is 22.6 Å². The minimum absolute atomic E-state index is 0.0565. The smallest absolute Gasteiger partial charge is 0.218 e. The molecule has 0 radical (unpaired) electrons. The van der Waals surface area contributed by atoms with E-state index in [1.54, 1.807) is 0 Å². The van der Waals surface area contributed by atoms with Crippen LogP contribution in [0.25, 0.3) is 0 Å². The summed E-state index contributed by atoms with van der Waals surface area (Å²) in [4.78, 5) is 11.0. The van der Waals surface area contributed by atoms with Crippen LogP contribution in [0.15, 0.2) is 0 Å². The Hall–Kier alpha value is -0.413. The molecule has 1 amide bonds. The van der Waals surface area contributed by atoms with E-state index >= 15 is 0 Å². The van der Waals surface area contributed by atoms with Gasteiger partial charge in [0.15, 0.2) is 8.32 Å². The number of rotatable bonds is 5. The van der Waals surface area contributed by atoms with Crippen LogP contribution in [0.4, 0.5) is 0 Å². The Bertz CT molecular complexity index is 521. The predicted octanol–water partition coefficient (Wildman–Crippen LogP) is 3.41. The highest BCUT2D eigenvalue weighted by molar-refractivity contribution is 14.1. The average molecular weight is 423 g/mol. The van der Waals surface area contributed by atoms with E-state index in [1.807, 2.05) is 11.6 Å². The van der Waals surface area contributed by atoms with E-state index in [4.69, 9.17) is 4.43 Å². The summed E-state index contributed by atoms with van der Waals surface area (Å²) in [6.45, 7) is 15.6. The Balaban J connectivity index is 2.81. The molecule has 0 unspecified atom stereocenters. The Kier molecular flexibility index (Phi) is 6.02. The van der Waals surface area contributed by atoms with Gasteiger partial charge in [0, 0.05) is 6.92 Å². The molecule has 1 aromatic heterocycles. The Morgan fingerprint density at radius 2 is 2.00 bits per heavy atom. The third kappa shape index (κ3) is 4.78. The first-order valence-corrected chi connectivity index (χ1v) is 11.0. The van der Waals surface area contributed by atoms with Gasteiger partial charge in [-0.25, -0.2) is 4.68 Å². The molecule has 0 saturated carbocycles. The molecule has 0 saturated heterocycles. The molecule has 1 heterocycles. The van der Waals surface area contributed by atoms with Crippen LogP contribution in [0.2, 0.25) is 18.1 Å². The summed E-state index contributed by atoms with van der Waals surface area (Å²) in [6, 6.07) is 0. The van der Waals surface area contributed by atoms with Gasteiger partial charge in [-0.1, -0.05) is 20.8 Å². The molecule has 0 fully saturated rings. The molecule has 0 spiro atoms. The SMILES string of the molecule is CC(=O)NCn1nc(CO[Si](C)(C)C(C)(C)C)c(I)c1C. The van der Waals surface area contributed by atoms with E-state index in [-0.39, 0.29) is 10.9 Å². The molecule has 0 aliphatic rings. The Labute approximate surface area is 142 Å². The number of nitrogens with zero attached hydrogens (tertiary/aromatic N) is 2.